The SMILES string of the molecule is CC/C=C\C/C=C\C/C=C\C/C=C\C/C=C\C/C=C\CCCCCCCCC(=O)OC(CO)COC(=O)CCCCCCCCCCCCCCCCCCCCCCCCCCCCC/C=C\C/C=C\CCCCCCC. The Kier molecular flexibility index (Phi) is 65.3. The minimum atomic E-state index is -0.786. The van der Waals surface area contributed by atoms with Gasteiger partial charge in [0.25, 0.3) is 0 Å². The van der Waals surface area contributed by atoms with Gasteiger partial charge in [-0.2, -0.15) is 0 Å². The average molecular weight is 1090 g/mol. The Morgan fingerprint density at radius 3 is 0.833 bits per heavy atom. The van der Waals surface area contributed by atoms with Crippen LogP contribution in [0.1, 0.15) is 335 Å². The number of aliphatic hydroxyl groups is 1. The number of ether oxygens (including phenoxy) is 2. The van der Waals surface area contributed by atoms with E-state index in [1.807, 2.05) is 0 Å². The number of esters is 2. The van der Waals surface area contributed by atoms with Crippen LogP contribution in [0.3, 0.4) is 0 Å². The van der Waals surface area contributed by atoms with E-state index in [-0.39, 0.29) is 25.2 Å². The molecule has 0 saturated heterocycles. The van der Waals surface area contributed by atoms with Gasteiger partial charge in [0, 0.05) is 12.8 Å². The molecule has 1 atom stereocenters. The van der Waals surface area contributed by atoms with Crippen LogP contribution in [0.2, 0.25) is 0 Å². The van der Waals surface area contributed by atoms with Gasteiger partial charge in [-0.25, -0.2) is 0 Å². The predicted molar refractivity (Wildman–Crippen MR) is 343 cm³/mol. The Labute approximate surface area is 485 Å². The van der Waals surface area contributed by atoms with Gasteiger partial charge in [-0.15, -0.1) is 0 Å². The third kappa shape index (κ3) is 65.3. The van der Waals surface area contributed by atoms with Gasteiger partial charge in [-0.3, -0.25) is 9.59 Å². The van der Waals surface area contributed by atoms with E-state index in [0.29, 0.717) is 12.8 Å². The van der Waals surface area contributed by atoms with Crippen molar-refractivity contribution in [1.82, 2.24) is 0 Å². The van der Waals surface area contributed by atoms with Crippen LogP contribution < -0.4 is 0 Å². The van der Waals surface area contributed by atoms with E-state index in [9.17, 15) is 14.7 Å². The number of hydrogen-bond donors (Lipinski definition) is 1. The second-order valence-electron chi connectivity index (χ2n) is 22.5. The molecule has 0 aliphatic heterocycles. The second-order valence-corrected chi connectivity index (χ2v) is 22.5. The topological polar surface area (TPSA) is 72.8 Å². The summed E-state index contributed by atoms with van der Waals surface area (Å²) in [6.45, 7) is 4.03. The van der Waals surface area contributed by atoms with Crippen LogP contribution in [0.25, 0.3) is 0 Å². The smallest absolute Gasteiger partial charge is 0.306 e. The first-order valence-electron chi connectivity index (χ1n) is 33.8. The van der Waals surface area contributed by atoms with Gasteiger partial charge in [0.2, 0.25) is 0 Å². The van der Waals surface area contributed by atoms with E-state index < -0.39 is 6.10 Å². The third-order valence-electron chi connectivity index (χ3n) is 14.9. The number of rotatable bonds is 62. The van der Waals surface area contributed by atoms with E-state index in [0.717, 1.165) is 89.9 Å². The number of aliphatic hydroxyl groups excluding tert-OH is 1. The van der Waals surface area contributed by atoms with Crippen LogP contribution in [-0.2, 0) is 19.1 Å². The molecule has 5 heteroatoms. The summed E-state index contributed by atoms with van der Waals surface area (Å²) in [6, 6.07) is 0. The Bertz CT molecular complexity index is 1460. The zero-order chi connectivity index (χ0) is 56.2. The number of unbranched alkanes of at least 4 members (excludes halogenated alkanes) is 38. The third-order valence-corrected chi connectivity index (χ3v) is 14.9. The van der Waals surface area contributed by atoms with Crippen molar-refractivity contribution in [2.45, 2.75) is 341 Å². The molecule has 0 aliphatic carbocycles. The van der Waals surface area contributed by atoms with Crippen molar-refractivity contribution in [2.24, 2.45) is 0 Å². The summed E-state index contributed by atoms with van der Waals surface area (Å²) in [5.41, 5.74) is 0. The van der Waals surface area contributed by atoms with Crippen molar-refractivity contribution >= 4 is 11.9 Å². The maximum atomic E-state index is 12.3. The van der Waals surface area contributed by atoms with Gasteiger partial charge in [0.05, 0.1) is 6.61 Å². The van der Waals surface area contributed by atoms with Crippen LogP contribution >= 0.6 is 0 Å². The quantitative estimate of drug-likeness (QED) is 0.0373. The Morgan fingerprint density at radius 1 is 0.308 bits per heavy atom. The molecule has 0 aromatic heterocycles. The highest BCUT2D eigenvalue weighted by atomic mass is 16.6. The van der Waals surface area contributed by atoms with Crippen molar-refractivity contribution in [3.63, 3.8) is 0 Å². The summed E-state index contributed by atoms with van der Waals surface area (Å²) in [4.78, 5) is 24.6. The van der Waals surface area contributed by atoms with Crippen LogP contribution in [0.15, 0.2) is 97.2 Å². The normalized spacial score (nSPS) is 12.8. The molecule has 0 saturated carbocycles. The predicted octanol–water partition coefficient (Wildman–Crippen LogP) is 23.4. The lowest BCUT2D eigenvalue weighted by molar-refractivity contribution is -0.161. The van der Waals surface area contributed by atoms with Gasteiger partial charge in [0.1, 0.15) is 6.61 Å². The number of carbonyl (C=O) groups excluding carboxylic acids is 2. The summed E-state index contributed by atoms with van der Waals surface area (Å²) in [7, 11) is 0. The zero-order valence-corrected chi connectivity index (χ0v) is 51.7. The molecular formula is C73H128O5. The molecule has 450 valence electrons. The molecule has 0 aliphatic rings. The molecule has 0 rings (SSSR count). The van der Waals surface area contributed by atoms with Crippen molar-refractivity contribution in [2.75, 3.05) is 13.2 Å². The standard InChI is InChI=1S/C73H128O5/c1-3-5-7-9-11-13-15-17-19-21-23-25-27-29-30-31-32-33-34-35-36-37-38-39-40-41-42-44-45-47-49-51-53-55-57-59-61-63-65-67-72(75)77-70-71(69-74)78-73(76)68-66-64-62-60-58-56-54-52-50-48-46-43-28-26-24-22-20-18-16-14-12-10-8-6-4-2/h6,8,12,14-15,17-18,20-21,23-24,26,43,46,50,52,71,74H,3-5,7,9-11,13,16,19,22,25,27-42,44-45,47-49,51,53-70H2,1-2H3/b8-6-,14-12-,17-15-,20-18-,23-21-,26-24-,46-43-,52-50-. The van der Waals surface area contributed by atoms with E-state index in [1.165, 1.54) is 218 Å². The van der Waals surface area contributed by atoms with Crippen molar-refractivity contribution < 1.29 is 24.2 Å². The van der Waals surface area contributed by atoms with Crippen LogP contribution in [0.4, 0.5) is 0 Å². The van der Waals surface area contributed by atoms with Gasteiger partial charge in [-0.1, -0.05) is 323 Å². The fraction of sp³-hybridized carbons (Fsp3) is 0.753. The molecule has 78 heavy (non-hydrogen) atoms. The van der Waals surface area contributed by atoms with Crippen LogP contribution in [0, 0.1) is 0 Å². The van der Waals surface area contributed by atoms with Gasteiger partial charge in [0.15, 0.2) is 6.10 Å². The summed E-state index contributed by atoms with van der Waals surface area (Å²) in [6.07, 6.45) is 97.2. The van der Waals surface area contributed by atoms with E-state index in [2.05, 4.69) is 111 Å². The molecule has 1 unspecified atom stereocenters. The Balaban J connectivity index is 3.44. The molecule has 1 N–H and O–H groups in total. The molecule has 0 bridgehead atoms. The largest absolute Gasteiger partial charge is 0.462 e. The molecule has 0 spiro atoms. The Hall–Kier alpha value is -3.18. The minimum Gasteiger partial charge on any atom is -0.462 e. The second kappa shape index (κ2) is 68.1. The van der Waals surface area contributed by atoms with Crippen molar-refractivity contribution in [3.8, 4) is 0 Å². The highest BCUT2D eigenvalue weighted by molar-refractivity contribution is 5.70. The summed E-state index contributed by atoms with van der Waals surface area (Å²) in [5.74, 6) is -0.599. The maximum Gasteiger partial charge on any atom is 0.306 e. The zero-order valence-electron chi connectivity index (χ0n) is 51.7. The van der Waals surface area contributed by atoms with Crippen molar-refractivity contribution in [1.29, 1.82) is 0 Å². The average Bonchev–Trinajstić information content (AvgIpc) is 3.44. The molecule has 0 heterocycles. The highest BCUT2D eigenvalue weighted by Crippen LogP contribution is 2.18. The number of hydrogen-bond acceptors (Lipinski definition) is 5. The van der Waals surface area contributed by atoms with Gasteiger partial charge >= 0.3 is 11.9 Å². The van der Waals surface area contributed by atoms with Crippen LogP contribution in [-0.4, -0.2) is 36.4 Å². The minimum absolute atomic E-state index is 0.0735. The monoisotopic (exact) mass is 1080 g/mol. The lowest BCUT2D eigenvalue weighted by Gasteiger charge is -2.15. The van der Waals surface area contributed by atoms with Gasteiger partial charge < -0.3 is 14.6 Å². The molecule has 0 aromatic rings. The molecule has 5 nitrogen and oxygen atoms in total. The molecule has 0 amide bonds. The molecule has 0 fully saturated rings. The first kappa shape index (κ1) is 74.8. The summed E-state index contributed by atoms with van der Waals surface area (Å²) in [5, 5.41) is 9.68. The first-order valence-corrected chi connectivity index (χ1v) is 33.8. The molecule has 0 radical (unpaired) electrons. The lowest BCUT2D eigenvalue weighted by atomic mass is 10.0. The molecule has 0 aromatic carbocycles. The van der Waals surface area contributed by atoms with E-state index in [4.69, 9.17) is 9.47 Å². The first-order chi connectivity index (χ1) is 38.6. The Morgan fingerprint density at radius 2 is 0.551 bits per heavy atom. The number of carbonyl (C=O) groups is 2. The highest BCUT2D eigenvalue weighted by Gasteiger charge is 2.16. The fourth-order valence-corrected chi connectivity index (χ4v) is 9.83. The summed E-state index contributed by atoms with van der Waals surface area (Å²) >= 11 is 0. The lowest BCUT2D eigenvalue weighted by Crippen LogP contribution is -2.28. The van der Waals surface area contributed by atoms with Crippen molar-refractivity contribution in [3.05, 3.63) is 97.2 Å². The van der Waals surface area contributed by atoms with Gasteiger partial charge in [-0.05, 0) is 96.3 Å². The number of allylic oxidation sites excluding steroid dienone is 16. The van der Waals surface area contributed by atoms with E-state index >= 15 is 0 Å². The van der Waals surface area contributed by atoms with Crippen LogP contribution in [0.5, 0.6) is 0 Å². The summed E-state index contributed by atoms with van der Waals surface area (Å²) < 4.78 is 10.7. The fourth-order valence-electron chi connectivity index (χ4n) is 9.83. The molecular weight excluding hydrogens is 957 g/mol. The van der Waals surface area contributed by atoms with E-state index in [1.54, 1.807) is 0 Å². The maximum absolute atomic E-state index is 12.3.